The number of hydrogen-bond acceptors (Lipinski definition) is 3. The van der Waals surface area contributed by atoms with E-state index in [1.165, 1.54) is 6.08 Å². The van der Waals surface area contributed by atoms with Gasteiger partial charge in [-0.25, -0.2) is 0 Å². The summed E-state index contributed by atoms with van der Waals surface area (Å²) in [7, 11) is 0. The maximum atomic E-state index is 11.8. The largest absolute Gasteiger partial charge is 0.346 e. The molecule has 0 aliphatic heterocycles. The first kappa shape index (κ1) is 14.2. The molecule has 0 aliphatic carbocycles. The summed E-state index contributed by atoms with van der Waals surface area (Å²) < 4.78 is 0. The Morgan fingerprint density at radius 1 is 1.44 bits per heavy atom. The number of rotatable bonds is 4. The third-order valence-corrected chi connectivity index (χ3v) is 2.41. The number of amides is 1. The van der Waals surface area contributed by atoms with Gasteiger partial charge in [0.25, 0.3) is 0 Å². The standard InChI is InChI=1S/C13H19N3O2/c1-9(15-12(18)13(2,3)4)11(17)6-5-10-7-8-14-16-10/h5-9H,1-4H3,(H,14,16)(H,15,18)/b6-5+/t9-/m0/s1. The molecule has 0 aromatic carbocycles. The summed E-state index contributed by atoms with van der Waals surface area (Å²) in [5, 5.41) is 9.17. The Morgan fingerprint density at radius 3 is 2.61 bits per heavy atom. The second-order valence-electron chi connectivity index (χ2n) is 5.19. The fourth-order valence-electron chi connectivity index (χ4n) is 1.16. The SMILES string of the molecule is C[C@H](NC(=O)C(C)(C)C)C(=O)/C=C/c1ccn[nH]1. The first-order valence-corrected chi connectivity index (χ1v) is 5.83. The first-order chi connectivity index (χ1) is 8.30. The number of nitrogens with one attached hydrogen (secondary N) is 2. The quantitative estimate of drug-likeness (QED) is 0.795. The molecule has 0 radical (unpaired) electrons. The molecule has 1 rings (SSSR count). The Balaban J connectivity index is 2.55. The Hall–Kier alpha value is -1.91. The van der Waals surface area contributed by atoms with Crippen LogP contribution in [0.2, 0.25) is 0 Å². The highest BCUT2D eigenvalue weighted by Crippen LogP contribution is 2.13. The number of H-pyrrole nitrogens is 1. The Labute approximate surface area is 107 Å². The van der Waals surface area contributed by atoms with E-state index < -0.39 is 11.5 Å². The fourth-order valence-corrected chi connectivity index (χ4v) is 1.16. The predicted molar refractivity (Wildman–Crippen MR) is 69.7 cm³/mol. The number of ketones is 1. The van der Waals surface area contributed by atoms with E-state index in [0.29, 0.717) is 0 Å². The van der Waals surface area contributed by atoms with Crippen LogP contribution in [-0.2, 0) is 9.59 Å². The van der Waals surface area contributed by atoms with Gasteiger partial charge in [-0.05, 0) is 25.1 Å². The van der Waals surface area contributed by atoms with Crippen LogP contribution in [0.15, 0.2) is 18.3 Å². The van der Waals surface area contributed by atoms with Crippen molar-refractivity contribution >= 4 is 17.8 Å². The fraction of sp³-hybridized carbons (Fsp3) is 0.462. The number of hydrogen-bond donors (Lipinski definition) is 2. The summed E-state index contributed by atoms with van der Waals surface area (Å²) in [6.45, 7) is 7.09. The summed E-state index contributed by atoms with van der Waals surface area (Å²) in [5.41, 5.74) is 0.249. The molecule has 0 saturated carbocycles. The molecule has 0 saturated heterocycles. The van der Waals surface area contributed by atoms with Crippen LogP contribution in [0.5, 0.6) is 0 Å². The number of carbonyl (C=O) groups is 2. The van der Waals surface area contributed by atoms with Gasteiger partial charge in [-0.3, -0.25) is 14.7 Å². The van der Waals surface area contributed by atoms with E-state index in [1.54, 1.807) is 46.0 Å². The minimum absolute atomic E-state index is 0.140. The third kappa shape index (κ3) is 4.16. The van der Waals surface area contributed by atoms with Crippen molar-refractivity contribution in [3.63, 3.8) is 0 Å². The first-order valence-electron chi connectivity index (χ1n) is 5.83. The van der Waals surface area contributed by atoms with Gasteiger partial charge in [0.15, 0.2) is 5.78 Å². The summed E-state index contributed by atoms with van der Waals surface area (Å²) >= 11 is 0. The topological polar surface area (TPSA) is 74.8 Å². The molecule has 0 spiro atoms. The number of aromatic nitrogens is 2. The van der Waals surface area contributed by atoms with Crippen LogP contribution in [0.4, 0.5) is 0 Å². The van der Waals surface area contributed by atoms with E-state index in [4.69, 9.17) is 0 Å². The Kier molecular flexibility index (Phi) is 4.42. The summed E-state index contributed by atoms with van der Waals surface area (Å²) in [6, 6.07) is 1.22. The second kappa shape index (κ2) is 5.62. The van der Waals surface area contributed by atoms with Crippen LogP contribution in [0.1, 0.15) is 33.4 Å². The van der Waals surface area contributed by atoms with E-state index in [-0.39, 0.29) is 11.7 Å². The lowest BCUT2D eigenvalue weighted by Gasteiger charge is -2.20. The van der Waals surface area contributed by atoms with Crippen molar-refractivity contribution < 1.29 is 9.59 Å². The molecule has 0 unspecified atom stereocenters. The van der Waals surface area contributed by atoms with Crippen molar-refractivity contribution in [2.45, 2.75) is 33.7 Å². The van der Waals surface area contributed by atoms with Crippen molar-refractivity contribution in [1.82, 2.24) is 15.5 Å². The molecule has 0 aliphatic rings. The summed E-state index contributed by atoms with van der Waals surface area (Å²) in [5.74, 6) is -0.291. The zero-order valence-electron chi connectivity index (χ0n) is 11.2. The van der Waals surface area contributed by atoms with Gasteiger partial charge in [-0.1, -0.05) is 20.8 Å². The molecule has 2 N–H and O–H groups in total. The maximum absolute atomic E-state index is 11.8. The highest BCUT2D eigenvalue weighted by molar-refractivity contribution is 5.99. The number of aromatic amines is 1. The number of nitrogens with zero attached hydrogens (tertiary/aromatic N) is 1. The van der Waals surface area contributed by atoms with Crippen LogP contribution in [0, 0.1) is 5.41 Å². The van der Waals surface area contributed by atoms with Crippen molar-refractivity contribution in [3.05, 3.63) is 24.0 Å². The lowest BCUT2D eigenvalue weighted by atomic mass is 9.95. The molecule has 5 nitrogen and oxygen atoms in total. The molecule has 1 heterocycles. The maximum Gasteiger partial charge on any atom is 0.225 e. The van der Waals surface area contributed by atoms with Gasteiger partial charge in [0.2, 0.25) is 5.91 Å². The van der Waals surface area contributed by atoms with Gasteiger partial charge in [-0.2, -0.15) is 5.10 Å². The van der Waals surface area contributed by atoms with Gasteiger partial charge in [0, 0.05) is 11.6 Å². The van der Waals surface area contributed by atoms with Crippen LogP contribution in [-0.4, -0.2) is 27.9 Å². The number of carbonyl (C=O) groups excluding carboxylic acids is 2. The molecular weight excluding hydrogens is 230 g/mol. The molecule has 18 heavy (non-hydrogen) atoms. The molecule has 1 aromatic heterocycles. The lowest BCUT2D eigenvalue weighted by Crippen LogP contribution is -2.43. The molecule has 98 valence electrons. The highest BCUT2D eigenvalue weighted by Gasteiger charge is 2.24. The summed E-state index contributed by atoms with van der Waals surface area (Å²) in [4.78, 5) is 23.5. The van der Waals surface area contributed by atoms with E-state index >= 15 is 0 Å². The Bertz CT molecular complexity index is 441. The molecular formula is C13H19N3O2. The molecule has 0 bridgehead atoms. The minimum Gasteiger partial charge on any atom is -0.346 e. The minimum atomic E-state index is -0.532. The zero-order valence-corrected chi connectivity index (χ0v) is 11.2. The monoisotopic (exact) mass is 249 g/mol. The van der Waals surface area contributed by atoms with Crippen molar-refractivity contribution in [1.29, 1.82) is 0 Å². The van der Waals surface area contributed by atoms with Crippen LogP contribution in [0.25, 0.3) is 6.08 Å². The van der Waals surface area contributed by atoms with E-state index in [9.17, 15) is 9.59 Å². The van der Waals surface area contributed by atoms with Crippen LogP contribution in [0.3, 0.4) is 0 Å². The van der Waals surface area contributed by atoms with Crippen LogP contribution >= 0.6 is 0 Å². The zero-order chi connectivity index (χ0) is 13.8. The lowest BCUT2D eigenvalue weighted by molar-refractivity contribution is -0.131. The van der Waals surface area contributed by atoms with Gasteiger partial charge in [-0.15, -0.1) is 0 Å². The molecule has 1 atom stereocenters. The third-order valence-electron chi connectivity index (χ3n) is 2.41. The van der Waals surface area contributed by atoms with Crippen molar-refractivity contribution in [3.8, 4) is 0 Å². The van der Waals surface area contributed by atoms with E-state index in [1.807, 2.05) is 0 Å². The summed E-state index contributed by atoms with van der Waals surface area (Å²) in [6.07, 6.45) is 4.67. The molecule has 5 heteroatoms. The van der Waals surface area contributed by atoms with Crippen molar-refractivity contribution in [2.75, 3.05) is 0 Å². The van der Waals surface area contributed by atoms with Gasteiger partial charge in [0.05, 0.1) is 11.7 Å². The van der Waals surface area contributed by atoms with Gasteiger partial charge in [0.1, 0.15) is 0 Å². The molecule has 0 fully saturated rings. The van der Waals surface area contributed by atoms with Crippen LogP contribution < -0.4 is 5.32 Å². The molecule has 1 amide bonds. The average Bonchev–Trinajstić information content (AvgIpc) is 2.77. The van der Waals surface area contributed by atoms with Gasteiger partial charge >= 0.3 is 0 Å². The Morgan fingerprint density at radius 2 is 2.11 bits per heavy atom. The predicted octanol–water partition coefficient (Wildman–Crippen LogP) is 1.54. The highest BCUT2D eigenvalue weighted by atomic mass is 16.2. The smallest absolute Gasteiger partial charge is 0.225 e. The normalized spacial score (nSPS) is 13.6. The van der Waals surface area contributed by atoms with E-state index in [0.717, 1.165) is 5.69 Å². The average molecular weight is 249 g/mol. The van der Waals surface area contributed by atoms with E-state index in [2.05, 4.69) is 15.5 Å². The second-order valence-corrected chi connectivity index (χ2v) is 5.19. The van der Waals surface area contributed by atoms with Gasteiger partial charge < -0.3 is 5.32 Å². The molecule has 1 aromatic rings. The van der Waals surface area contributed by atoms with Crippen molar-refractivity contribution in [2.24, 2.45) is 5.41 Å².